The predicted octanol–water partition coefficient (Wildman–Crippen LogP) is 1.66. The molecule has 1 aliphatic carbocycles. The predicted molar refractivity (Wildman–Crippen MR) is 70.0 cm³/mol. The lowest BCUT2D eigenvalue weighted by atomic mass is 9.95. The van der Waals surface area contributed by atoms with E-state index in [1.54, 1.807) is 6.92 Å². The number of carbonyl (C=O) groups excluding carboxylic acids is 1. The summed E-state index contributed by atoms with van der Waals surface area (Å²) >= 11 is 0. The first-order chi connectivity index (χ1) is 8.64. The molecule has 1 heterocycles. The molecule has 2 aliphatic rings. The highest BCUT2D eigenvalue weighted by Crippen LogP contribution is 2.49. The van der Waals surface area contributed by atoms with Crippen LogP contribution >= 0.6 is 0 Å². The second-order valence-corrected chi connectivity index (χ2v) is 5.27. The SMILES string of the molecule is CNCC1(c2ccc3c(c2)OC(C)C(=O)N3)CC1. The van der Waals surface area contributed by atoms with Gasteiger partial charge in [0, 0.05) is 12.0 Å². The molecule has 0 spiro atoms. The zero-order valence-corrected chi connectivity index (χ0v) is 10.7. The van der Waals surface area contributed by atoms with Crippen molar-refractivity contribution in [2.75, 3.05) is 18.9 Å². The Morgan fingerprint density at radius 3 is 2.94 bits per heavy atom. The van der Waals surface area contributed by atoms with Crippen LogP contribution in [0.2, 0.25) is 0 Å². The van der Waals surface area contributed by atoms with Gasteiger partial charge in [-0.25, -0.2) is 0 Å². The number of nitrogens with one attached hydrogen (secondary N) is 2. The van der Waals surface area contributed by atoms with E-state index in [0.717, 1.165) is 18.0 Å². The summed E-state index contributed by atoms with van der Waals surface area (Å²) in [6.45, 7) is 2.76. The topological polar surface area (TPSA) is 50.4 Å². The Bertz CT molecular complexity index is 495. The number of anilines is 1. The fourth-order valence-corrected chi connectivity index (χ4v) is 2.59. The molecule has 1 fully saturated rings. The molecule has 4 nitrogen and oxygen atoms in total. The van der Waals surface area contributed by atoms with Crippen LogP contribution in [0, 0.1) is 0 Å². The molecular formula is C14H18N2O2. The maximum absolute atomic E-state index is 11.5. The Kier molecular flexibility index (Phi) is 2.55. The van der Waals surface area contributed by atoms with Gasteiger partial charge in [-0.15, -0.1) is 0 Å². The van der Waals surface area contributed by atoms with Crippen molar-refractivity contribution in [1.29, 1.82) is 0 Å². The molecule has 0 radical (unpaired) electrons. The second kappa shape index (κ2) is 3.99. The Morgan fingerprint density at radius 1 is 1.50 bits per heavy atom. The van der Waals surface area contributed by atoms with Crippen LogP contribution in [0.15, 0.2) is 18.2 Å². The third-order valence-corrected chi connectivity index (χ3v) is 3.89. The minimum atomic E-state index is -0.410. The first-order valence-electron chi connectivity index (χ1n) is 6.41. The van der Waals surface area contributed by atoms with Crippen LogP contribution < -0.4 is 15.4 Å². The molecule has 0 bridgehead atoms. The van der Waals surface area contributed by atoms with Crippen molar-refractivity contribution in [1.82, 2.24) is 5.32 Å². The van der Waals surface area contributed by atoms with Gasteiger partial charge in [0.25, 0.3) is 5.91 Å². The first kappa shape index (κ1) is 11.5. The molecule has 2 N–H and O–H groups in total. The van der Waals surface area contributed by atoms with Crippen molar-refractivity contribution in [3.63, 3.8) is 0 Å². The van der Waals surface area contributed by atoms with Crippen molar-refractivity contribution >= 4 is 11.6 Å². The quantitative estimate of drug-likeness (QED) is 0.852. The number of ether oxygens (including phenoxy) is 1. The van der Waals surface area contributed by atoms with Gasteiger partial charge in [0.1, 0.15) is 5.75 Å². The van der Waals surface area contributed by atoms with E-state index >= 15 is 0 Å². The van der Waals surface area contributed by atoms with E-state index < -0.39 is 6.10 Å². The van der Waals surface area contributed by atoms with Gasteiger partial charge >= 0.3 is 0 Å². The van der Waals surface area contributed by atoms with Gasteiger partial charge in [0.2, 0.25) is 0 Å². The highest BCUT2D eigenvalue weighted by Gasteiger charge is 2.44. The van der Waals surface area contributed by atoms with Gasteiger partial charge in [-0.1, -0.05) is 6.07 Å². The average Bonchev–Trinajstić information content (AvgIpc) is 3.11. The minimum Gasteiger partial charge on any atom is -0.479 e. The van der Waals surface area contributed by atoms with Gasteiger partial charge in [-0.05, 0) is 44.5 Å². The fraction of sp³-hybridized carbons (Fsp3) is 0.500. The van der Waals surface area contributed by atoms with Crippen molar-refractivity contribution in [2.24, 2.45) is 0 Å². The van der Waals surface area contributed by atoms with E-state index in [1.807, 2.05) is 13.1 Å². The molecule has 0 saturated heterocycles. The lowest BCUT2D eigenvalue weighted by Gasteiger charge is -2.25. The van der Waals surface area contributed by atoms with E-state index in [2.05, 4.69) is 22.8 Å². The largest absolute Gasteiger partial charge is 0.479 e. The van der Waals surface area contributed by atoms with Crippen molar-refractivity contribution < 1.29 is 9.53 Å². The van der Waals surface area contributed by atoms with Crippen LogP contribution in [0.4, 0.5) is 5.69 Å². The summed E-state index contributed by atoms with van der Waals surface area (Å²) < 4.78 is 5.65. The summed E-state index contributed by atoms with van der Waals surface area (Å²) in [5.41, 5.74) is 2.36. The standard InChI is InChI=1S/C14H18N2O2/c1-9-13(17)16-11-4-3-10(7-12(11)18-9)14(5-6-14)8-15-2/h3-4,7,9,15H,5-6,8H2,1-2H3,(H,16,17). The van der Waals surface area contributed by atoms with Gasteiger partial charge in [0.05, 0.1) is 5.69 Å². The van der Waals surface area contributed by atoms with Crippen LogP contribution in [0.3, 0.4) is 0 Å². The summed E-state index contributed by atoms with van der Waals surface area (Å²) in [6, 6.07) is 6.13. The molecule has 1 saturated carbocycles. The third kappa shape index (κ3) is 1.77. The van der Waals surface area contributed by atoms with Crippen LogP contribution in [0.1, 0.15) is 25.3 Å². The molecule has 0 aromatic heterocycles. The van der Waals surface area contributed by atoms with Gasteiger partial charge < -0.3 is 15.4 Å². The Labute approximate surface area is 107 Å². The molecule has 1 aromatic carbocycles. The highest BCUT2D eigenvalue weighted by molar-refractivity contribution is 5.97. The van der Waals surface area contributed by atoms with E-state index in [1.165, 1.54) is 18.4 Å². The monoisotopic (exact) mass is 246 g/mol. The van der Waals surface area contributed by atoms with Gasteiger partial charge in [-0.3, -0.25) is 4.79 Å². The van der Waals surface area contributed by atoms with E-state index in [4.69, 9.17) is 4.74 Å². The highest BCUT2D eigenvalue weighted by atomic mass is 16.5. The number of amides is 1. The smallest absolute Gasteiger partial charge is 0.265 e. The molecule has 4 heteroatoms. The number of hydrogen-bond acceptors (Lipinski definition) is 3. The van der Waals surface area contributed by atoms with Crippen LogP contribution in [-0.4, -0.2) is 25.6 Å². The summed E-state index contributed by atoms with van der Waals surface area (Å²) in [7, 11) is 1.98. The van der Waals surface area contributed by atoms with Crippen molar-refractivity contribution in [3.8, 4) is 5.75 Å². The molecule has 96 valence electrons. The Morgan fingerprint density at radius 2 is 2.28 bits per heavy atom. The molecule has 1 aliphatic heterocycles. The Hall–Kier alpha value is -1.55. The maximum Gasteiger partial charge on any atom is 0.265 e. The third-order valence-electron chi connectivity index (χ3n) is 3.89. The van der Waals surface area contributed by atoms with E-state index in [9.17, 15) is 4.79 Å². The molecular weight excluding hydrogens is 228 g/mol. The molecule has 18 heavy (non-hydrogen) atoms. The van der Waals surface area contributed by atoms with Crippen LogP contribution in [0.25, 0.3) is 0 Å². The number of fused-ring (bicyclic) bond motifs is 1. The molecule has 1 unspecified atom stereocenters. The minimum absolute atomic E-state index is 0.0772. The Balaban J connectivity index is 1.92. The average molecular weight is 246 g/mol. The van der Waals surface area contributed by atoms with E-state index in [0.29, 0.717) is 0 Å². The lowest BCUT2D eigenvalue weighted by molar-refractivity contribution is -0.122. The van der Waals surface area contributed by atoms with Crippen LogP contribution in [0.5, 0.6) is 5.75 Å². The summed E-state index contributed by atoms with van der Waals surface area (Å²) in [5.74, 6) is 0.716. The fourth-order valence-electron chi connectivity index (χ4n) is 2.59. The van der Waals surface area contributed by atoms with Gasteiger partial charge in [0.15, 0.2) is 6.10 Å². The van der Waals surface area contributed by atoms with Gasteiger partial charge in [-0.2, -0.15) is 0 Å². The van der Waals surface area contributed by atoms with Crippen molar-refractivity contribution in [3.05, 3.63) is 23.8 Å². The first-order valence-corrected chi connectivity index (χ1v) is 6.41. The van der Waals surface area contributed by atoms with Crippen molar-refractivity contribution in [2.45, 2.75) is 31.3 Å². The maximum atomic E-state index is 11.5. The molecule has 3 rings (SSSR count). The summed E-state index contributed by atoms with van der Waals surface area (Å²) in [5, 5.41) is 6.12. The number of likely N-dealkylation sites (N-methyl/N-ethyl adjacent to an activating group) is 1. The normalized spacial score (nSPS) is 23.9. The summed E-state index contributed by atoms with van der Waals surface area (Å²) in [6.07, 6.45) is 2.02. The molecule has 1 amide bonds. The number of rotatable bonds is 3. The molecule has 1 atom stereocenters. The molecule has 1 aromatic rings. The zero-order chi connectivity index (χ0) is 12.8. The van der Waals surface area contributed by atoms with Crippen LogP contribution in [-0.2, 0) is 10.2 Å². The summed E-state index contributed by atoms with van der Waals surface area (Å²) in [4.78, 5) is 11.5. The zero-order valence-electron chi connectivity index (χ0n) is 10.7. The lowest BCUT2D eigenvalue weighted by Crippen LogP contribution is -2.34. The number of hydrogen-bond donors (Lipinski definition) is 2. The number of benzene rings is 1. The van der Waals surface area contributed by atoms with E-state index in [-0.39, 0.29) is 11.3 Å². The number of carbonyl (C=O) groups is 1. The second-order valence-electron chi connectivity index (χ2n) is 5.27.